The quantitative estimate of drug-likeness (QED) is 0.807. The molecule has 2 aromatic rings. The van der Waals surface area contributed by atoms with Gasteiger partial charge in [0.2, 0.25) is 5.91 Å². The van der Waals surface area contributed by atoms with Gasteiger partial charge in [0.25, 0.3) is 0 Å². The van der Waals surface area contributed by atoms with E-state index in [2.05, 4.69) is 10.6 Å². The second kappa shape index (κ2) is 7.99. The summed E-state index contributed by atoms with van der Waals surface area (Å²) in [7, 11) is 0. The number of benzene rings is 2. The molecule has 27 heavy (non-hydrogen) atoms. The number of nitrogens with zero attached hydrogens (tertiary/aromatic N) is 1. The molecule has 1 saturated heterocycles. The Bertz CT molecular complexity index is 867. The molecule has 3 amide bonds. The Morgan fingerprint density at radius 1 is 1.04 bits per heavy atom. The number of rotatable bonds is 4. The second-order valence-electron chi connectivity index (χ2n) is 6.41. The van der Waals surface area contributed by atoms with Gasteiger partial charge in [-0.25, -0.2) is 9.18 Å². The minimum atomic E-state index is -0.606. The Hall–Kier alpha value is -3.22. The van der Waals surface area contributed by atoms with Crippen molar-refractivity contribution >= 4 is 29.1 Å². The molecule has 2 aromatic carbocycles. The van der Waals surface area contributed by atoms with E-state index in [9.17, 15) is 18.8 Å². The maximum atomic E-state index is 13.0. The van der Waals surface area contributed by atoms with Gasteiger partial charge in [-0.3, -0.25) is 9.59 Å². The van der Waals surface area contributed by atoms with Gasteiger partial charge < -0.3 is 15.5 Å². The van der Waals surface area contributed by atoms with Crippen molar-refractivity contribution < 1.29 is 18.8 Å². The lowest BCUT2D eigenvalue weighted by Crippen LogP contribution is -2.45. The predicted molar refractivity (Wildman–Crippen MR) is 100 cm³/mol. The minimum absolute atomic E-state index is 0.0937. The average molecular weight is 369 g/mol. The second-order valence-corrected chi connectivity index (χ2v) is 6.41. The molecular weight excluding hydrogens is 349 g/mol. The molecule has 0 aliphatic carbocycles. The van der Waals surface area contributed by atoms with Crippen LogP contribution in [0.3, 0.4) is 0 Å². The molecule has 140 valence electrons. The third-order valence-corrected chi connectivity index (χ3v) is 4.45. The predicted octanol–water partition coefficient (Wildman–Crippen LogP) is 3.66. The summed E-state index contributed by atoms with van der Waals surface area (Å²) in [5.41, 5.74) is 1.47. The van der Waals surface area contributed by atoms with Gasteiger partial charge in [0, 0.05) is 23.5 Å². The molecule has 3 rings (SSSR count). The van der Waals surface area contributed by atoms with Crippen molar-refractivity contribution in [2.75, 3.05) is 17.2 Å². The fraction of sp³-hybridized carbons (Fsp3) is 0.250. The lowest BCUT2D eigenvalue weighted by molar-refractivity contribution is -0.119. The molecule has 7 heteroatoms. The van der Waals surface area contributed by atoms with E-state index in [1.807, 2.05) is 0 Å². The zero-order valence-electron chi connectivity index (χ0n) is 14.9. The molecule has 0 aromatic heterocycles. The van der Waals surface area contributed by atoms with Crippen LogP contribution >= 0.6 is 0 Å². The first kappa shape index (κ1) is 18.6. The van der Waals surface area contributed by atoms with E-state index in [0.29, 0.717) is 36.3 Å². The number of nitrogens with one attached hydrogen (secondary N) is 2. The molecule has 1 unspecified atom stereocenters. The Balaban J connectivity index is 1.67. The fourth-order valence-electron chi connectivity index (χ4n) is 3.05. The number of Topliss-reactive ketones (excluding diaryl/α,β-unsaturated/α-hetero) is 1. The number of carbonyl (C=O) groups excluding carboxylic acids is 3. The zero-order valence-corrected chi connectivity index (χ0v) is 14.9. The van der Waals surface area contributed by atoms with E-state index in [4.69, 9.17) is 0 Å². The SMILES string of the molecule is CC(=O)c1cccc(NC(=O)N2CCCC2C(=O)Nc2ccc(F)cc2)c1. The highest BCUT2D eigenvalue weighted by molar-refractivity contribution is 6.00. The van der Waals surface area contributed by atoms with Crippen LogP contribution in [0.2, 0.25) is 0 Å². The van der Waals surface area contributed by atoms with E-state index < -0.39 is 12.1 Å². The highest BCUT2D eigenvalue weighted by Gasteiger charge is 2.34. The standard InChI is InChI=1S/C20H20FN3O3/c1-13(25)14-4-2-5-17(12-14)23-20(27)24-11-3-6-18(24)19(26)22-16-9-7-15(21)8-10-16/h2,4-5,7-10,12,18H,3,6,11H2,1H3,(H,22,26)(H,23,27). The number of amides is 3. The van der Waals surface area contributed by atoms with Gasteiger partial charge in [0.05, 0.1) is 0 Å². The lowest BCUT2D eigenvalue weighted by atomic mass is 10.1. The van der Waals surface area contributed by atoms with Crippen molar-refractivity contribution in [2.24, 2.45) is 0 Å². The largest absolute Gasteiger partial charge is 0.324 e. The maximum Gasteiger partial charge on any atom is 0.322 e. The number of halogens is 1. The van der Waals surface area contributed by atoms with Crippen molar-refractivity contribution in [2.45, 2.75) is 25.8 Å². The molecular formula is C20H20FN3O3. The molecule has 2 N–H and O–H groups in total. The summed E-state index contributed by atoms with van der Waals surface area (Å²) < 4.78 is 13.0. The first-order chi connectivity index (χ1) is 12.9. The highest BCUT2D eigenvalue weighted by Crippen LogP contribution is 2.21. The molecule has 1 heterocycles. The molecule has 1 aliphatic heterocycles. The monoisotopic (exact) mass is 369 g/mol. The van der Waals surface area contributed by atoms with E-state index in [1.54, 1.807) is 24.3 Å². The van der Waals surface area contributed by atoms with Gasteiger partial charge in [-0.05, 0) is 56.2 Å². The van der Waals surface area contributed by atoms with E-state index in [-0.39, 0.29) is 17.5 Å². The van der Waals surface area contributed by atoms with Gasteiger partial charge in [0.1, 0.15) is 11.9 Å². The maximum absolute atomic E-state index is 13.0. The molecule has 6 nitrogen and oxygen atoms in total. The van der Waals surface area contributed by atoms with Crippen molar-refractivity contribution in [1.29, 1.82) is 0 Å². The van der Waals surface area contributed by atoms with Crippen LogP contribution in [0, 0.1) is 5.82 Å². The van der Waals surface area contributed by atoms with Gasteiger partial charge >= 0.3 is 6.03 Å². The highest BCUT2D eigenvalue weighted by atomic mass is 19.1. The first-order valence-corrected chi connectivity index (χ1v) is 8.69. The number of ketones is 1. The summed E-state index contributed by atoms with van der Waals surface area (Å²) in [5.74, 6) is -0.793. The number of carbonyl (C=O) groups is 3. The molecule has 1 atom stereocenters. The summed E-state index contributed by atoms with van der Waals surface area (Å²) in [6.07, 6.45) is 1.26. The Labute approximate surface area is 156 Å². The van der Waals surface area contributed by atoms with E-state index in [0.717, 1.165) is 0 Å². The van der Waals surface area contributed by atoms with Crippen LogP contribution in [0.1, 0.15) is 30.1 Å². The van der Waals surface area contributed by atoms with Gasteiger partial charge in [-0.15, -0.1) is 0 Å². The molecule has 0 spiro atoms. The zero-order chi connectivity index (χ0) is 19.4. The first-order valence-electron chi connectivity index (χ1n) is 8.69. The molecule has 0 saturated carbocycles. The third-order valence-electron chi connectivity index (χ3n) is 4.45. The summed E-state index contributed by atoms with van der Waals surface area (Å²) in [4.78, 5) is 38.1. The Kier molecular flexibility index (Phi) is 5.49. The number of anilines is 2. The van der Waals surface area contributed by atoms with Gasteiger partial charge in [0.15, 0.2) is 5.78 Å². The normalized spacial score (nSPS) is 16.1. The summed E-state index contributed by atoms with van der Waals surface area (Å²) in [6, 6.07) is 11.1. The smallest absolute Gasteiger partial charge is 0.322 e. The van der Waals surface area contributed by atoms with Crippen molar-refractivity contribution in [1.82, 2.24) is 4.90 Å². The van der Waals surface area contributed by atoms with Crippen LogP contribution in [0.5, 0.6) is 0 Å². The Morgan fingerprint density at radius 2 is 1.78 bits per heavy atom. The lowest BCUT2D eigenvalue weighted by Gasteiger charge is -2.24. The van der Waals surface area contributed by atoms with Crippen molar-refractivity contribution in [3.8, 4) is 0 Å². The van der Waals surface area contributed by atoms with Crippen LogP contribution in [0.25, 0.3) is 0 Å². The number of likely N-dealkylation sites (tertiary alicyclic amines) is 1. The number of hydrogen-bond acceptors (Lipinski definition) is 3. The van der Waals surface area contributed by atoms with Crippen molar-refractivity contribution in [3.63, 3.8) is 0 Å². The molecule has 1 fully saturated rings. The van der Waals surface area contributed by atoms with Gasteiger partial charge in [-0.1, -0.05) is 12.1 Å². The topological polar surface area (TPSA) is 78.5 Å². The summed E-state index contributed by atoms with van der Waals surface area (Å²) >= 11 is 0. The number of urea groups is 1. The molecule has 0 bridgehead atoms. The third kappa shape index (κ3) is 4.49. The van der Waals surface area contributed by atoms with Crippen LogP contribution in [0.4, 0.5) is 20.6 Å². The van der Waals surface area contributed by atoms with E-state index in [1.165, 1.54) is 36.1 Å². The van der Waals surface area contributed by atoms with Gasteiger partial charge in [-0.2, -0.15) is 0 Å². The minimum Gasteiger partial charge on any atom is -0.324 e. The van der Waals surface area contributed by atoms with E-state index >= 15 is 0 Å². The molecule has 0 radical (unpaired) electrons. The molecule has 1 aliphatic rings. The van der Waals surface area contributed by atoms with Crippen molar-refractivity contribution in [3.05, 3.63) is 59.9 Å². The van der Waals surface area contributed by atoms with Crippen LogP contribution in [-0.2, 0) is 4.79 Å². The number of hydrogen-bond donors (Lipinski definition) is 2. The summed E-state index contributed by atoms with van der Waals surface area (Å²) in [6.45, 7) is 1.91. The Morgan fingerprint density at radius 3 is 2.48 bits per heavy atom. The van der Waals surface area contributed by atoms with Crippen LogP contribution in [-0.4, -0.2) is 35.2 Å². The van der Waals surface area contributed by atoms with Crippen LogP contribution < -0.4 is 10.6 Å². The summed E-state index contributed by atoms with van der Waals surface area (Å²) in [5, 5.41) is 5.45. The average Bonchev–Trinajstić information content (AvgIpc) is 3.14. The van der Waals surface area contributed by atoms with Crippen LogP contribution in [0.15, 0.2) is 48.5 Å². The fourth-order valence-corrected chi connectivity index (χ4v) is 3.05.